The lowest BCUT2D eigenvalue weighted by Gasteiger charge is -2.05. The van der Waals surface area contributed by atoms with Gasteiger partial charge in [0.15, 0.2) is 0 Å². The van der Waals surface area contributed by atoms with Crippen molar-refractivity contribution in [1.82, 2.24) is 15.2 Å². The van der Waals surface area contributed by atoms with Gasteiger partial charge < -0.3 is 14.6 Å². The predicted octanol–water partition coefficient (Wildman–Crippen LogP) is 1.66. The summed E-state index contributed by atoms with van der Waals surface area (Å²) in [5, 5.41) is 5.77. The Balaban J connectivity index is 1.80. The maximum Gasteiger partial charge on any atom is 0.226 e. The zero-order valence-electron chi connectivity index (χ0n) is 11.0. The monoisotopic (exact) mass is 279 g/mol. The molecular weight excluding hydrogens is 262 g/mol. The second-order valence-corrected chi connectivity index (χ2v) is 5.45. The van der Waals surface area contributed by atoms with E-state index in [1.807, 2.05) is 25.5 Å². The number of nitrogens with zero attached hydrogens (tertiary/aromatic N) is 2. The minimum absolute atomic E-state index is 0.0434. The number of thiazole rings is 1. The second-order valence-electron chi connectivity index (χ2n) is 4.50. The van der Waals surface area contributed by atoms with Crippen LogP contribution in [0.15, 0.2) is 28.2 Å². The topological polar surface area (TPSA) is 58.4 Å². The molecule has 0 aromatic carbocycles. The van der Waals surface area contributed by atoms with Crippen LogP contribution in [0, 0.1) is 0 Å². The third-order valence-corrected chi connectivity index (χ3v) is 3.31. The standard InChI is InChI=1S/C13H17N3O2S/c1-16(2)8-13-15-10(9-19-13)6-12(17)14-7-11-4-3-5-18-11/h3-5,9H,6-8H2,1-2H3,(H,14,17). The third kappa shape index (κ3) is 4.50. The molecule has 0 spiro atoms. The summed E-state index contributed by atoms with van der Waals surface area (Å²) in [7, 11) is 3.99. The van der Waals surface area contributed by atoms with Gasteiger partial charge in [0.05, 0.1) is 24.9 Å². The van der Waals surface area contributed by atoms with Gasteiger partial charge in [-0.2, -0.15) is 0 Å². The number of nitrogens with one attached hydrogen (secondary N) is 1. The fourth-order valence-corrected chi connectivity index (χ4v) is 2.51. The van der Waals surface area contributed by atoms with Gasteiger partial charge in [0.25, 0.3) is 0 Å². The molecule has 2 rings (SSSR count). The highest BCUT2D eigenvalue weighted by Gasteiger charge is 2.08. The van der Waals surface area contributed by atoms with Crippen molar-refractivity contribution in [2.24, 2.45) is 0 Å². The SMILES string of the molecule is CN(C)Cc1nc(CC(=O)NCc2ccco2)cs1. The predicted molar refractivity (Wildman–Crippen MR) is 73.8 cm³/mol. The quantitative estimate of drug-likeness (QED) is 0.873. The van der Waals surface area contributed by atoms with Gasteiger partial charge in [0.2, 0.25) is 5.91 Å². The molecular formula is C13H17N3O2S. The molecule has 6 heteroatoms. The van der Waals surface area contributed by atoms with E-state index < -0.39 is 0 Å². The molecule has 0 aliphatic rings. The lowest BCUT2D eigenvalue weighted by Crippen LogP contribution is -2.24. The minimum atomic E-state index is -0.0434. The zero-order valence-corrected chi connectivity index (χ0v) is 11.9. The molecule has 0 aliphatic carbocycles. The van der Waals surface area contributed by atoms with E-state index in [4.69, 9.17) is 4.42 Å². The van der Waals surface area contributed by atoms with Gasteiger partial charge >= 0.3 is 0 Å². The molecule has 0 atom stereocenters. The number of carbonyl (C=O) groups is 1. The normalized spacial score (nSPS) is 10.9. The van der Waals surface area contributed by atoms with Crippen molar-refractivity contribution in [1.29, 1.82) is 0 Å². The van der Waals surface area contributed by atoms with E-state index in [0.29, 0.717) is 13.0 Å². The Kier molecular flexibility index (Phi) is 4.70. The highest BCUT2D eigenvalue weighted by Crippen LogP contribution is 2.11. The van der Waals surface area contributed by atoms with Crippen LogP contribution < -0.4 is 5.32 Å². The Hall–Kier alpha value is -1.66. The first-order valence-corrected chi connectivity index (χ1v) is 6.88. The number of hydrogen-bond acceptors (Lipinski definition) is 5. The average Bonchev–Trinajstić information content (AvgIpc) is 2.97. The number of amides is 1. The zero-order chi connectivity index (χ0) is 13.7. The Morgan fingerprint density at radius 1 is 1.53 bits per heavy atom. The molecule has 0 fully saturated rings. The Morgan fingerprint density at radius 3 is 3.05 bits per heavy atom. The molecule has 0 radical (unpaired) electrons. The number of aromatic nitrogens is 1. The molecule has 0 aliphatic heterocycles. The Bertz CT molecular complexity index is 520. The van der Waals surface area contributed by atoms with Gasteiger partial charge in [0, 0.05) is 11.9 Å². The van der Waals surface area contributed by atoms with Gasteiger partial charge in [-0.05, 0) is 26.2 Å². The smallest absolute Gasteiger partial charge is 0.226 e. The first kappa shape index (κ1) is 13.8. The molecule has 0 saturated heterocycles. The molecule has 2 aromatic rings. The summed E-state index contributed by atoms with van der Waals surface area (Å²) in [4.78, 5) is 18.2. The van der Waals surface area contributed by atoms with Gasteiger partial charge in [-0.1, -0.05) is 0 Å². The summed E-state index contributed by atoms with van der Waals surface area (Å²) in [6.07, 6.45) is 1.90. The number of furan rings is 1. The summed E-state index contributed by atoms with van der Waals surface area (Å²) in [6.45, 7) is 1.22. The molecule has 2 heterocycles. The van der Waals surface area contributed by atoms with Crippen molar-refractivity contribution in [2.75, 3.05) is 14.1 Å². The van der Waals surface area contributed by atoms with Crippen LogP contribution in [0.1, 0.15) is 16.5 Å². The van der Waals surface area contributed by atoms with E-state index in [2.05, 4.69) is 15.2 Å². The van der Waals surface area contributed by atoms with Crippen LogP contribution in [0.25, 0.3) is 0 Å². The highest BCUT2D eigenvalue weighted by atomic mass is 32.1. The summed E-state index contributed by atoms with van der Waals surface area (Å²) < 4.78 is 5.15. The fourth-order valence-electron chi connectivity index (χ4n) is 1.60. The van der Waals surface area contributed by atoms with Gasteiger partial charge in [0.1, 0.15) is 10.8 Å². The van der Waals surface area contributed by atoms with Gasteiger partial charge in [-0.25, -0.2) is 4.98 Å². The molecule has 102 valence electrons. The van der Waals surface area contributed by atoms with E-state index in [9.17, 15) is 4.79 Å². The lowest BCUT2D eigenvalue weighted by atomic mass is 10.3. The summed E-state index contributed by atoms with van der Waals surface area (Å²) in [5.74, 6) is 0.707. The Morgan fingerprint density at radius 2 is 2.37 bits per heavy atom. The van der Waals surface area contributed by atoms with Crippen molar-refractivity contribution >= 4 is 17.2 Å². The fraction of sp³-hybridized carbons (Fsp3) is 0.385. The van der Waals surface area contributed by atoms with Crippen molar-refractivity contribution in [3.05, 3.63) is 40.2 Å². The second kappa shape index (κ2) is 6.49. The molecule has 0 unspecified atom stereocenters. The molecule has 1 amide bonds. The van der Waals surface area contributed by atoms with Crippen LogP contribution in [0.3, 0.4) is 0 Å². The molecule has 1 N–H and O–H groups in total. The van der Waals surface area contributed by atoms with E-state index in [1.54, 1.807) is 23.7 Å². The number of hydrogen-bond donors (Lipinski definition) is 1. The Labute approximate surface area is 116 Å². The molecule has 2 aromatic heterocycles. The van der Waals surface area contributed by atoms with Gasteiger partial charge in [-0.15, -0.1) is 11.3 Å². The first-order chi connectivity index (χ1) is 9.13. The first-order valence-electron chi connectivity index (χ1n) is 6.00. The molecule has 0 bridgehead atoms. The maximum absolute atomic E-state index is 11.7. The van der Waals surface area contributed by atoms with E-state index in [1.165, 1.54) is 0 Å². The van der Waals surface area contributed by atoms with Gasteiger partial charge in [-0.3, -0.25) is 4.79 Å². The summed E-state index contributed by atoms with van der Waals surface area (Å²) in [5.41, 5.74) is 0.818. The largest absolute Gasteiger partial charge is 0.467 e. The van der Waals surface area contributed by atoms with Crippen LogP contribution in [-0.4, -0.2) is 29.9 Å². The number of carbonyl (C=O) groups excluding carboxylic acids is 1. The van der Waals surface area contributed by atoms with Crippen LogP contribution in [0.2, 0.25) is 0 Å². The van der Waals surface area contributed by atoms with Crippen LogP contribution in [0.5, 0.6) is 0 Å². The van der Waals surface area contributed by atoms with Crippen LogP contribution >= 0.6 is 11.3 Å². The van der Waals surface area contributed by atoms with Crippen molar-refractivity contribution in [2.45, 2.75) is 19.5 Å². The van der Waals surface area contributed by atoms with Crippen molar-refractivity contribution in [3.8, 4) is 0 Å². The van der Waals surface area contributed by atoms with Crippen LogP contribution in [-0.2, 0) is 24.3 Å². The van der Waals surface area contributed by atoms with E-state index >= 15 is 0 Å². The van der Waals surface area contributed by atoms with Crippen molar-refractivity contribution in [3.63, 3.8) is 0 Å². The lowest BCUT2D eigenvalue weighted by molar-refractivity contribution is -0.120. The van der Waals surface area contributed by atoms with E-state index in [-0.39, 0.29) is 5.91 Å². The average molecular weight is 279 g/mol. The summed E-state index contributed by atoms with van der Waals surface area (Å²) in [6, 6.07) is 3.63. The third-order valence-electron chi connectivity index (χ3n) is 2.43. The molecule has 19 heavy (non-hydrogen) atoms. The van der Waals surface area contributed by atoms with Crippen molar-refractivity contribution < 1.29 is 9.21 Å². The molecule has 5 nitrogen and oxygen atoms in total. The number of rotatable bonds is 6. The highest BCUT2D eigenvalue weighted by molar-refractivity contribution is 7.09. The molecule has 0 saturated carbocycles. The van der Waals surface area contributed by atoms with Crippen LogP contribution in [0.4, 0.5) is 0 Å². The summed E-state index contributed by atoms with van der Waals surface area (Å²) >= 11 is 1.58. The minimum Gasteiger partial charge on any atom is -0.467 e. The van der Waals surface area contributed by atoms with E-state index in [0.717, 1.165) is 23.0 Å². The maximum atomic E-state index is 11.7.